The lowest BCUT2D eigenvalue weighted by molar-refractivity contribution is -0.124. The number of nitrogens with two attached hydrogens (primary N) is 1. The Morgan fingerprint density at radius 1 is 1.71 bits per heavy atom. The minimum Gasteiger partial charge on any atom is -0.393 e. The van der Waals surface area contributed by atoms with Gasteiger partial charge in [-0.3, -0.25) is 9.69 Å². The van der Waals surface area contributed by atoms with Crippen LogP contribution >= 0.6 is 0 Å². The predicted octanol–water partition coefficient (Wildman–Crippen LogP) is -0.0470. The van der Waals surface area contributed by atoms with Gasteiger partial charge in [-0.25, -0.2) is 0 Å². The molecule has 3 unspecified atom stereocenters. The maximum Gasteiger partial charge on any atom is 0.234 e. The minimum absolute atomic E-state index is 0.212. The normalized spacial score (nSPS) is 31.4. The molecule has 82 valence electrons. The van der Waals surface area contributed by atoms with Gasteiger partial charge in [-0.05, 0) is 25.7 Å². The number of primary amides is 1. The van der Waals surface area contributed by atoms with Gasteiger partial charge in [-0.1, -0.05) is 6.92 Å². The summed E-state index contributed by atoms with van der Waals surface area (Å²) in [5.41, 5.74) is 5.25. The Morgan fingerprint density at radius 3 is 2.86 bits per heavy atom. The van der Waals surface area contributed by atoms with Crippen molar-refractivity contribution < 1.29 is 9.90 Å². The predicted molar refractivity (Wildman–Crippen MR) is 54.6 cm³/mol. The molecule has 1 saturated heterocycles. The molecule has 0 aliphatic carbocycles. The van der Waals surface area contributed by atoms with Crippen LogP contribution in [-0.2, 0) is 4.79 Å². The number of piperidine rings is 1. The summed E-state index contributed by atoms with van der Waals surface area (Å²) < 4.78 is 0. The molecule has 1 rings (SSSR count). The molecule has 0 saturated carbocycles. The molecule has 0 aromatic heterocycles. The Kier molecular flexibility index (Phi) is 3.89. The van der Waals surface area contributed by atoms with Crippen molar-refractivity contribution >= 4 is 5.91 Å². The van der Waals surface area contributed by atoms with E-state index in [2.05, 4.69) is 11.8 Å². The quantitative estimate of drug-likeness (QED) is 0.671. The molecule has 0 spiro atoms. The lowest BCUT2D eigenvalue weighted by Crippen LogP contribution is -2.51. The molecule has 0 bridgehead atoms. The van der Waals surface area contributed by atoms with Gasteiger partial charge in [0.25, 0.3) is 0 Å². The number of amides is 1. The minimum atomic E-state index is -0.281. The summed E-state index contributed by atoms with van der Waals surface area (Å²) in [6.07, 6.45) is 1.48. The molecule has 14 heavy (non-hydrogen) atoms. The molecule has 4 nitrogen and oxygen atoms in total. The zero-order valence-corrected chi connectivity index (χ0v) is 8.94. The smallest absolute Gasteiger partial charge is 0.234 e. The van der Waals surface area contributed by atoms with Crippen molar-refractivity contribution in [1.29, 1.82) is 0 Å². The highest BCUT2D eigenvalue weighted by Crippen LogP contribution is 2.21. The standard InChI is InChI=1S/C10H20N2O2/c1-3-8-6-12(5-4-9(8)13)7(2)10(11)14/h7-9,13H,3-6H2,1-2H3,(H2,11,14). The summed E-state index contributed by atoms with van der Waals surface area (Å²) in [6, 6.07) is -0.212. The van der Waals surface area contributed by atoms with Crippen LogP contribution in [0.4, 0.5) is 0 Å². The zero-order chi connectivity index (χ0) is 10.7. The van der Waals surface area contributed by atoms with E-state index in [1.165, 1.54) is 0 Å². The highest BCUT2D eigenvalue weighted by molar-refractivity contribution is 5.79. The summed E-state index contributed by atoms with van der Waals surface area (Å²) in [4.78, 5) is 13.1. The highest BCUT2D eigenvalue weighted by atomic mass is 16.3. The fraction of sp³-hybridized carbons (Fsp3) is 0.900. The third-order valence-corrected chi connectivity index (χ3v) is 3.21. The van der Waals surface area contributed by atoms with Crippen LogP contribution in [0.1, 0.15) is 26.7 Å². The van der Waals surface area contributed by atoms with Crippen LogP contribution in [0.3, 0.4) is 0 Å². The van der Waals surface area contributed by atoms with E-state index in [0.29, 0.717) is 0 Å². The molecular weight excluding hydrogens is 180 g/mol. The van der Waals surface area contributed by atoms with Crippen LogP contribution in [0.25, 0.3) is 0 Å². The second-order valence-electron chi connectivity index (χ2n) is 4.10. The van der Waals surface area contributed by atoms with Crippen LogP contribution in [0.5, 0.6) is 0 Å². The third-order valence-electron chi connectivity index (χ3n) is 3.21. The van der Waals surface area contributed by atoms with E-state index >= 15 is 0 Å². The Balaban J connectivity index is 2.54. The van der Waals surface area contributed by atoms with E-state index in [1.807, 2.05) is 6.92 Å². The Bertz CT molecular complexity index is 208. The SMILES string of the molecule is CCC1CN(C(C)C(N)=O)CCC1O. The molecule has 0 radical (unpaired) electrons. The number of hydrogen-bond donors (Lipinski definition) is 2. The number of carbonyl (C=O) groups is 1. The Morgan fingerprint density at radius 2 is 2.36 bits per heavy atom. The van der Waals surface area contributed by atoms with Gasteiger partial charge in [0.05, 0.1) is 12.1 Å². The third kappa shape index (κ3) is 2.45. The number of carbonyl (C=O) groups excluding carboxylic acids is 1. The van der Waals surface area contributed by atoms with Crippen LogP contribution in [0, 0.1) is 5.92 Å². The number of aliphatic hydroxyl groups excluding tert-OH is 1. The lowest BCUT2D eigenvalue weighted by Gasteiger charge is -2.38. The van der Waals surface area contributed by atoms with Crippen LogP contribution < -0.4 is 5.73 Å². The van der Waals surface area contributed by atoms with Gasteiger partial charge < -0.3 is 10.8 Å². The molecule has 1 aliphatic rings. The van der Waals surface area contributed by atoms with E-state index < -0.39 is 0 Å². The highest BCUT2D eigenvalue weighted by Gasteiger charge is 2.30. The second-order valence-corrected chi connectivity index (χ2v) is 4.10. The number of likely N-dealkylation sites (tertiary alicyclic amines) is 1. The molecule has 3 N–H and O–H groups in total. The van der Waals surface area contributed by atoms with Crippen molar-refractivity contribution in [2.75, 3.05) is 13.1 Å². The molecule has 3 atom stereocenters. The lowest BCUT2D eigenvalue weighted by atomic mass is 9.91. The van der Waals surface area contributed by atoms with Crippen LogP contribution in [-0.4, -0.2) is 41.1 Å². The van der Waals surface area contributed by atoms with Crippen molar-refractivity contribution in [1.82, 2.24) is 4.90 Å². The second kappa shape index (κ2) is 4.75. The monoisotopic (exact) mass is 200 g/mol. The topological polar surface area (TPSA) is 66.6 Å². The summed E-state index contributed by atoms with van der Waals surface area (Å²) in [5, 5.41) is 9.66. The van der Waals surface area contributed by atoms with Crippen LogP contribution in [0.15, 0.2) is 0 Å². The van der Waals surface area contributed by atoms with Crippen molar-refractivity contribution in [3.63, 3.8) is 0 Å². The molecular formula is C10H20N2O2. The van der Waals surface area contributed by atoms with Gasteiger partial charge >= 0.3 is 0 Å². The summed E-state index contributed by atoms with van der Waals surface area (Å²) in [5.74, 6) is 0.00166. The summed E-state index contributed by atoms with van der Waals surface area (Å²) >= 11 is 0. The molecule has 1 fully saturated rings. The van der Waals surface area contributed by atoms with Gasteiger partial charge in [0, 0.05) is 13.1 Å². The van der Waals surface area contributed by atoms with E-state index in [1.54, 1.807) is 0 Å². The maximum atomic E-state index is 11.0. The number of nitrogens with zero attached hydrogens (tertiary/aromatic N) is 1. The van der Waals surface area contributed by atoms with Crippen molar-refractivity contribution in [2.45, 2.75) is 38.8 Å². The first kappa shape index (κ1) is 11.5. The van der Waals surface area contributed by atoms with E-state index in [9.17, 15) is 9.90 Å². The van der Waals surface area contributed by atoms with E-state index in [4.69, 9.17) is 5.73 Å². The first-order valence-corrected chi connectivity index (χ1v) is 5.27. The average molecular weight is 200 g/mol. The zero-order valence-electron chi connectivity index (χ0n) is 8.94. The first-order chi connectivity index (χ1) is 6.56. The molecule has 1 aliphatic heterocycles. The van der Waals surface area contributed by atoms with Gasteiger partial charge in [0.1, 0.15) is 0 Å². The van der Waals surface area contributed by atoms with Crippen molar-refractivity contribution in [3.05, 3.63) is 0 Å². The van der Waals surface area contributed by atoms with Crippen molar-refractivity contribution in [2.24, 2.45) is 11.7 Å². The largest absolute Gasteiger partial charge is 0.393 e. The van der Waals surface area contributed by atoms with Gasteiger partial charge in [0.2, 0.25) is 5.91 Å². The maximum absolute atomic E-state index is 11.0. The summed E-state index contributed by atoms with van der Waals surface area (Å²) in [7, 11) is 0. The summed E-state index contributed by atoms with van der Waals surface area (Å²) in [6.45, 7) is 5.43. The Hall–Kier alpha value is -0.610. The molecule has 0 aromatic rings. The first-order valence-electron chi connectivity index (χ1n) is 5.27. The van der Waals surface area contributed by atoms with E-state index in [-0.39, 0.29) is 24.0 Å². The molecule has 4 heteroatoms. The number of rotatable bonds is 3. The molecule has 1 heterocycles. The molecule has 0 aromatic carbocycles. The number of hydrogen-bond acceptors (Lipinski definition) is 3. The van der Waals surface area contributed by atoms with Crippen LogP contribution in [0.2, 0.25) is 0 Å². The average Bonchev–Trinajstić information content (AvgIpc) is 2.17. The van der Waals surface area contributed by atoms with Gasteiger partial charge in [-0.15, -0.1) is 0 Å². The van der Waals surface area contributed by atoms with Gasteiger partial charge in [-0.2, -0.15) is 0 Å². The van der Waals surface area contributed by atoms with Gasteiger partial charge in [0.15, 0.2) is 0 Å². The number of aliphatic hydroxyl groups is 1. The molecule has 1 amide bonds. The fourth-order valence-electron chi connectivity index (χ4n) is 1.98. The fourth-order valence-corrected chi connectivity index (χ4v) is 1.98. The Labute approximate surface area is 85.1 Å². The van der Waals surface area contributed by atoms with E-state index in [0.717, 1.165) is 25.9 Å². The van der Waals surface area contributed by atoms with Crippen molar-refractivity contribution in [3.8, 4) is 0 Å².